The van der Waals surface area contributed by atoms with Gasteiger partial charge in [0, 0.05) is 11.6 Å². The molecule has 0 radical (unpaired) electrons. The van der Waals surface area contributed by atoms with Crippen molar-refractivity contribution in [3.63, 3.8) is 0 Å². The zero-order chi connectivity index (χ0) is 22.0. The maximum absolute atomic E-state index is 13.4. The zero-order valence-corrected chi connectivity index (χ0v) is 18.6. The zero-order valence-electron chi connectivity index (χ0n) is 17.8. The second-order valence-electron chi connectivity index (χ2n) is 8.22. The van der Waals surface area contributed by atoms with E-state index < -0.39 is 0 Å². The van der Waals surface area contributed by atoms with E-state index in [0.29, 0.717) is 21.6 Å². The van der Waals surface area contributed by atoms with Gasteiger partial charge in [0.1, 0.15) is 5.58 Å². The first-order valence-electron chi connectivity index (χ1n) is 10.7. The summed E-state index contributed by atoms with van der Waals surface area (Å²) in [4.78, 5) is 25.9. The first-order chi connectivity index (χ1) is 14.9. The van der Waals surface area contributed by atoms with Crippen LogP contribution in [0.5, 0.6) is 5.75 Å². The number of nitrogens with one attached hydrogen (secondary N) is 1. The minimum atomic E-state index is -0.312. The molecule has 1 amide bonds. The highest BCUT2D eigenvalue weighted by atomic mass is 35.5. The van der Waals surface area contributed by atoms with Gasteiger partial charge in [-0.05, 0) is 56.0 Å². The molecule has 0 aliphatic heterocycles. The second kappa shape index (κ2) is 9.15. The van der Waals surface area contributed by atoms with Crippen molar-refractivity contribution >= 4 is 28.5 Å². The number of fused-ring (bicyclic) bond motifs is 1. The minimum Gasteiger partial charge on any atom is -0.476 e. The number of ether oxygens (including phenoxy) is 1. The Morgan fingerprint density at radius 1 is 1.16 bits per heavy atom. The molecule has 1 saturated carbocycles. The summed E-state index contributed by atoms with van der Waals surface area (Å²) in [7, 11) is 0. The monoisotopic (exact) mass is 439 g/mol. The topological polar surface area (TPSA) is 68.5 Å². The average Bonchev–Trinajstić information content (AvgIpc) is 2.75. The average molecular weight is 440 g/mol. The molecule has 4 rings (SSSR count). The quantitative estimate of drug-likeness (QED) is 0.565. The number of hydrogen-bond acceptors (Lipinski definition) is 4. The molecule has 0 bridgehead atoms. The Kier molecular flexibility index (Phi) is 6.33. The molecule has 1 fully saturated rings. The van der Waals surface area contributed by atoms with E-state index in [-0.39, 0.29) is 35.5 Å². The lowest BCUT2D eigenvalue weighted by molar-refractivity contribution is -0.124. The van der Waals surface area contributed by atoms with Gasteiger partial charge >= 0.3 is 0 Å². The van der Waals surface area contributed by atoms with E-state index in [1.54, 1.807) is 24.3 Å². The third-order valence-electron chi connectivity index (χ3n) is 5.72. The molecule has 31 heavy (non-hydrogen) atoms. The van der Waals surface area contributed by atoms with Crippen LogP contribution in [0.1, 0.15) is 43.2 Å². The fourth-order valence-electron chi connectivity index (χ4n) is 4.24. The summed E-state index contributed by atoms with van der Waals surface area (Å²) in [6.45, 7) is 3.56. The van der Waals surface area contributed by atoms with E-state index in [1.165, 1.54) is 6.42 Å². The molecule has 0 unspecified atom stereocenters. The molecule has 2 aromatic carbocycles. The first kappa shape index (κ1) is 21.4. The van der Waals surface area contributed by atoms with Gasteiger partial charge in [0.15, 0.2) is 12.4 Å². The highest BCUT2D eigenvalue weighted by Crippen LogP contribution is 2.36. The van der Waals surface area contributed by atoms with Crippen molar-refractivity contribution in [3.05, 3.63) is 62.8 Å². The van der Waals surface area contributed by atoms with Gasteiger partial charge in [-0.3, -0.25) is 9.59 Å². The maximum atomic E-state index is 13.4. The Bertz CT molecular complexity index is 1180. The highest BCUT2D eigenvalue weighted by Gasteiger charge is 2.22. The van der Waals surface area contributed by atoms with Crippen molar-refractivity contribution in [3.8, 4) is 17.1 Å². The number of halogens is 1. The van der Waals surface area contributed by atoms with Crippen LogP contribution in [0.15, 0.2) is 45.6 Å². The fourth-order valence-corrected chi connectivity index (χ4v) is 4.46. The number of aryl methyl sites for hydroxylation is 2. The predicted molar refractivity (Wildman–Crippen MR) is 123 cm³/mol. The van der Waals surface area contributed by atoms with Crippen LogP contribution in [-0.2, 0) is 4.79 Å². The van der Waals surface area contributed by atoms with E-state index in [1.807, 2.05) is 26.0 Å². The largest absolute Gasteiger partial charge is 0.476 e. The summed E-state index contributed by atoms with van der Waals surface area (Å²) in [6, 6.07) is 11.0. The molecule has 0 saturated heterocycles. The number of hydrogen-bond donors (Lipinski definition) is 1. The van der Waals surface area contributed by atoms with Crippen LogP contribution in [0.2, 0.25) is 5.02 Å². The standard InChI is InChI=1S/C25H26ClNO4/c1-15-12-16(2)23-19(13-15)22(29)25(24(31-23)18-10-6-7-11-20(18)26)30-14-21(28)27-17-8-4-3-5-9-17/h6-7,10-13,17H,3-5,8-9,14H2,1-2H3,(H,27,28). The Labute approximate surface area is 186 Å². The van der Waals surface area contributed by atoms with Gasteiger partial charge in [0.25, 0.3) is 5.91 Å². The van der Waals surface area contributed by atoms with Crippen molar-refractivity contribution in [2.24, 2.45) is 0 Å². The lowest BCUT2D eigenvalue weighted by Gasteiger charge is -2.22. The first-order valence-corrected chi connectivity index (χ1v) is 11.1. The van der Waals surface area contributed by atoms with E-state index in [4.69, 9.17) is 20.8 Å². The summed E-state index contributed by atoms with van der Waals surface area (Å²) in [5.41, 5.74) is 2.52. The summed E-state index contributed by atoms with van der Waals surface area (Å²) in [6.07, 6.45) is 5.41. The molecule has 1 heterocycles. The van der Waals surface area contributed by atoms with Gasteiger partial charge in [-0.1, -0.05) is 49.1 Å². The predicted octanol–water partition coefficient (Wildman–Crippen LogP) is 5.56. The van der Waals surface area contributed by atoms with Gasteiger partial charge in [0.2, 0.25) is 11.2 Å². The molecule has 1 aromatic heterocycles. The summed E-state index contributed by atoms with van der Waals surface area (Å²) >= 11 is 6.39. The van der Waals surface area contributed by atoms with Gasteiger partial charge in [-0.25, -0.2) is 0 Å². The van der Waals surface area contributed by atoms with Crippen LogP contribution in [0.3, 0.4) is 0 Å². The molecule has 1 aliphatic rings. The van der Waals surface area contributed by atoms with Crippen molar-refractivity contribution in [2.75, 3.05) is 6.61 Å². The smallest absolute Gasteiger partial charge is 0.258 e. The fraction of sp³-hybridized carbons (Fsp3) is 0.360. The lowest BCUT2D eigenvalue weighted by atomic mass is 9.95. The Hall–Kier alpha value is -2.79. The summed E-state index contributed by atoms with van der Waals surface area (Å²) in [5.74, 6) is 0.00171. The van der Waals surface area contributed by atoms with Crippen molar-refractivity contribution in [1.82, 2.24) is 5.32 Å². The Morgan fingerprint density at radius 2 is 1.90 bits per heavy atom. The van der Waals surface area contributed by atoms with E-state index in [2.05, 4.69) is 5.32 Å². The molecule has 162 valence electrons. The van der Waals surface area contributed by atoms with Crippen LogP contribution in [0.25, 0.3) is 22.3 Å². The van der Waals surface area contributed by atoms with E-state index in [9.17, 15) is 9.59 Å². The second-order valence-corrected chi connectivity index (χ2v) is 8.63. The number of amides is 1. The lowest BCUT2D eigenvalue weighted by Crippen LogP contribution is -2.39. The maximum Gasteiger partial charge on any atom is 0.258 e. The SMILES string of the molecule is Cc1cc(C)c2oc(-c3ccccc3Cl)c(OCC(=O)NC3CCCCC3)c(=O)c2c1. The van der Waals surface area contributed by atoms with Crippen LogP contribution in [-0.4, -0.2) is 18.6 Å². The van der Waals surface area contributed by atoms with Crippen molar-refractivity contribution < 1.29 is 13.9 Å². The number of rotatable bonds is 5. The van der Waals surface area contributed by atoms with Crippen LogP contribution >= 0.6 is 11.6 Å². The minimum absolute atomic E-state index is 0.00407. The van der Waals surface area contributed by atoms with E-state index in [0.717, 1.165) is 36.8 Å². The normalized spacial score (nSPS) is 14.5. The molecule has 1 N–H and O–H groups in total. The van der Waals surface area contributed by atoms with Gasteiger partial charge in [0.05, 0.1) is 10.4 Å². The molecular formula is C25H26ClNO4. The van der Waals surface area contributed by atoms with E-state index >= 15 is 0 Å². The van der Waals surface area contributed by atoms with Gasteiger partial charge in [-0.15, -0.1) is 0 Å². The number of carbonyl (C=O) groups is 1. The molecule has 1 aliphatic carbocycles. The van der Waals surface area contributed by atoms with Crippen LogP contribution < -0.4 is 15.5 Å². The number of carbonyl (C=O) groups excluding carboxylic acids is 1. The number of benzene rings is 2. The highest BCUT2D eigenvalue weighted by molar-refractivity contribution is 6.33. The van der Waals surface area contributed by atoms with Gasteiger partial charge in [-0.2, -0.15) is 0 Å². The van der Waals surface area contributed by atoms with Crippen molar-refractivity contribution in [2.45, 2.75) is 52.0 Å². The van der Waals surface area contributed by atoms with Crippen LogP contribution in [0.4, 0.5) is 0 Å². The summed E-state index contributed by atoms with van der Waals surface area (Å²) < 4.78 is 12.0. The Morgan fingerprint density at radius 3 is 2.65 bits per heavy atom. The molecule has 0 spiro atoms. The molecule has 6 heteroatoms. The molecule has 0 atom stereocenters. The van der Waals surface area contributed by atoms with Crippen LogP contribution in [0, 0.1) is 13.8 Å². The van der Waals surface area contributed by atoms with Gasteiger partial charge < -0.3 is 14.5 Å². The van der Waals surface area contributed by atoms with Crippen molar-refractivity contribution in [1.29, 1.82) is 0 Å². The molecular weight excluding hydrogens is 414 g/mol. The summed E-state index contributed by atoms with van der Waals surface area (Å²) in [5, 5.41) is 3.88. The molecule has 3 aromatic rings. The third kappa shape index (κ3) is 4.62. The third-order valence-corrected chi connectivity index (χ3v) is 6.05. The Balaban J connectivity index is 1.72. The molecule has 5 nitrogen and oxygen atoms in total.